The fraction of sp³-hybridized carbons (Fsp3) is 0.625. The molecule has 3 fully saturated rings. The standard InChI is InChI=1S/C32H44N2O3S/c1-24(19-25-11-5-3-6-12-25)30(36)33-18-17-32(37,31(22-33)15-9-10-16-31)23-34-21-28(38-2)27(20-29(34)35)26-13-7-4-8-14-26/h4,7-8,13-14,20-21,24-25,37H,3,5-6,9-12,15-19,22-23H2,1-2H3/t24-,32?/m1/s1. The molecule has 0 bridgehead atoms. The lowest BCUT2D eigenvalue weighted by atomic mass is 9.65. The van der Waals surface area contributed by atoms with Crippen LogP contribution in [0, 0.1) is 17.3 Å². The maximum Gasteiger partial charge on any atom is 0.251 e. The van der Waals surface area contributed by atoms with E-state index in [1.165, 1.54) is 32.1 Å². The number of carbonyl (C=O) groups is 1. The van der Waals surface area contributed by atoms with E-state index in [9.17, 15) is 14.7 Å². The molecule has 1 aromatic heterocycles. The summed E-state index contributed by atoms with van der Waals surface area (Å²) >= 11 is 1.63. The van der Waals surface area contributed by atoms with Crippen LogP contribution in [0.25, 0.3) is 11.1 Å². The van der Waals surface area contributed by atoms with Crippen molar-refractivity contribution in [2.75, 3.05) is 19.3 Å². The van der Waals surface area contributed by atoms with Gasteiger partial charge < -0.3 is 14.6 Å². The highest BCUT2D eigenvalue weighted by molar-refractivity contribution is 7.98. The molecule has 1 saturated heterocycles. The number of pyridine rings is 1. The lowest BCUT2D eigenvalue weighted by Crippen LogP contribution is -2.62. The van der Waals surface area contributed by atoms with Gasteiger partial charge in [0, 0.05) is 47.1 Å². The molecule has 2 aromatic rings. The summed E-state index contributed by atoms with van der Waals surface area (Å²) in [5.41, 5.74) is 0.543. The number of thioether (sulfide) groups is 1. The highest BCUT2D eigenvalue weighted by Crippen LogP contribution is 2.52. The summed E-state index contributed by atoms with van der Waals surface area (Å²) in [6.07, 6.45) is 15.9. The molecule has 2 saturated carbocycles. The molecular weight excluding hydrogens is 492 g/mol. The Labute approximate surface area is 232 Å². The average molecular weight is 537 g/mol. The quantitative estimate of drug-likeness (QED) is 0.418. The summed E-state index contributed by atoms with van der Waals surface area (Å²) in [5.74, 6) is 0.985. The van der Waals surface area contributed by atoms with Crippen LogP contribution in [0.3, 0.4) is 0 Å². The molecule has 2 aliphatic carbocycles. The molecular formula is C32H44N2O3S. The first-order valence-corrected chi connectivity index (χ1v) is 15.9. The van der Waals surface area contributed by atoms with Gasteiger partial charge >= 0.3 is 0 Å². The SMILES string of the molecule is CSc1cn(CC2(O)CCN(C(=O)[C@H](C)CC3CCCCC3)CC23CCCC3)c(=O)cc1-c1ccccc1. The zero-order valence-electron chi connectivity index (χ0n) is 23.2. The average Bonchev–Trinajstić information content (AvgIpc) is 3.42. The van der Waals surface area contributed by atoms with Gasteiger partial charge in [0.25, 0.3) is 5.56 Å². The van der Waals surface area contributed by atoms with Crippen LogP contribution in [0.15, 0.2) is 52.3 Å². The summed E-state index contributed by atoms with van der Waals surface area (Å²) in [5, 5.41) is 12.2. The molecule has 5 rings (SSSR count). The van der Waals surface area contributed by atoms with Crippen molar-refractivity contribution < 1.29 is 9.90 Å². The Balaban J connectivity index is 1.35. The molecule has 206 valence electrons. The molecule has 1 spiro atoms. The van der Waals surface area contributed by atoms with Gasteiger partial charge in [-0.15, -0.1) is 11.8 Å². The highest BCUT2D eigenvalue weighted by atomic mass is 32.2. The normalized spacial score (nSPS) is 24.6. The molecule has 1 aromatic carbocycles. The van der Waals surface area contributed by atoms with E-state index >= 15 is 0 Å². The van der Waals surface area contributed by atoms with Crippen LogP contribution in [-0.4, -0.2) is 45.4 Å². The van der Waals surface area contributed by atoms with Gasteiger partial charge in [-0.1, -0.05) is 82.2 Å². The van der Waals surface area contributed by atoms with E-state index in [2.05, 4.69) is 11.8 Å². The van der Waals surface area contributed by atoms with E-state index in [0.29, 0.717) is 25.4 Å². The van der Waals surface area contributed by atoms with Crippen LogP contribution in [-0.2, 0) is 11.3 Å². The Morgan fingerprint density at radius 1 is 1.08 bits per heavy atom. The zero-order valence-corrected chi connectivity index (χ0v) is 24.0. The topological polar surface area (TPSA) is 62.5 Å². The van der Waals surface area contributed by atoms with Crippen molar-refractivity contribution in [1.82, 2.24) is 9.47 Å². The van der Waals surface area contributed by atoms with Crippen molar-refractivity contribution in [2.24, 2.45) is 17.3 Å². The van der Waals surface area contributed by atoms with Gasteiger partial charge in [-0.3, -0.25) is 9.59 Å². The smallest absolute Gasteiger partial charge is 0.251 e. The number of aliphatic hydroxyl groups is 1. The predicted octanol–water partition coefficient (Wildman–Crippen LogP) is 6.37. The largest absolute Gasteiger partial charge is 0.387 e. The first-order valence-electron chi connectivity index (χ1n) is 14.7. The highest BCUT2D eigenvalue weighted by Gasteiger charge is 2.55. The van der Waals surface area contributed by atoms with Gasteiger partial charge in [0.1, 0.15) is 0 Å². The van der Waals surface area contributed by atoms with Crippen molar-refractivity contribution in [1.29, 1.82) is 0 Å². The minimum atomic E-state index is -0.999. The second-order valence-corrected chi connectivity index (χ2v) is 13.1. The van der Waals surface area contributed by atoms with Crippen LogP contribution < -0.4 is 5.56 Å². The van der Waals surface area contributed by atoms with E-state index in [0.717, 1.165) is 48.1 Å². The van der Waals surface area contributed by atoms with Gasteiger partial charge in [-0.05, 0) is 43.4 Å². The molecule has 2 heterocycles. The van der Waals surface area contributed by atoms with Crippen molar-refractivity contribution in [3.63, 3.8) is 0 Å². The monoisotopic (exact) mass is 536 g/mol. The lowest BCUT2D eigenvalue weighted by Gasteiger charge is -2.53. The number of rotatable bonds is 7. The van der Waals surface area contributed by atoms with Gasteiger partial charge in [0.2, 0.25) is 5.91 Å². The number of hydrogen-bond donors (Lipinski definition) is 1. The minimum Gasteiger partial charge on any atom is -0.387 e. The van der Waals surface area contributed by atoms with Crippen molar-refractivity contribution >= 4 is 17.7 Å². The summed E-state index contributed by atoms with van der Waals surface area (Å²) in [4.78, 5) is 30.0. The van der Waals surface area contributed by atoms with E-state index in [1.807, 2.05) is 42.8 Å². The molecule has 1 amide bonds. The Morgan fingerprint density at radius 3 is 2.47 bits per heavy atom. The van der Waals surface area contributed by atoms with Crippen molar-refractivity contribution in [3.05, 3.63) is 52.9 Å². The first-order chi connectivity index (χ1) is 18.3. The molecule has 5 nitrogen and oxygen atoms in total. The van der Waals surface area contributed by atoms with Crippen LogP contribution in [0.2, 0.25) is 0 Å². The third-order valence-corrected chi connectivity index (χ3v) is 10.6. The molecule has 1 aliphatic heterocycles. The van der Waals surface area contributed by atoms with Crippen LogP contribution >= 0.6 is 11.8 Å². The molecule has 1 unspecified atom stereocenters. The van der Waals surface area contributed by atoms with Crippen LogP contribution in [0.4, 0.5) is 0 Å². The molecule has 0 radical (unpaired) electrons. The lowest BCUT2D eigenvalue weighted by molar-refractivity contribution is -0.163. The Hall–Kier alpha value is -2.05. The number of carbonyl (C=O) groups excluding carboxylic acids is 1. The number of piperidine rings is 1. The molecule has 1 N–H and O–H groups in total. The minimum absolute atomic E-state index is 0.0417. The third-order valence-electron chi connectivity index (χ3n) is 9.81. The summed E-state index contributed by atoms with van der Waals surface area (Å²) in [7, 11) is 0. The number of nitrogens with zero attached hydrogens (tertiary/aromatic N) is 2. The second-order valence-electron chi connectivity index (χ2n) is 12.3. The summed E-state index contributed by atoms with van der Waals surface area (Å²) in [6.45, 7) is 3.58. The van der Waals surface area contributed by atoms with Crippen molar-refractivity contribution in [2.45, 2.75) is 94.6 Å². The van der Waals surface area contributed by atoms with Crippen LogP contribution in [0.1, 0.15) is 77.6 Å². The van der Waals surface area contributed by atoms with E-state index < -0.39 is 5.60 Å². The first kappa shape index (κ1) is 27.5. The number of likely N-dealkylation sites (tertiary alicyclic amines) is 1. The molecule has 2 atom stereocenters. The number of benzene rings is 1. The van der Waals surface area contributed by atoms with Gasteiger partial charge in [0.05, 0.1) is 12.1 Å². The van der Waals surface area contributed by atoms with E-state index in [-0.39, 0.29) is 29.3 Å². The predicted molar refractivity (Wildman–Crippen MR) is 155 cm³/mol. The van der Waals surface area contributed by atoms with Crippen molar-refractivity contribution in [3.8, 4) is 11.1 Å². The maximum absolute atomic E-state index is 13.6. The summed E-state index contributed by atoms with van der Waals surface area (Å²) < 4.78 is 1.72. The number of hydrogen-bond acceptors (Lipinski definition) is 4. The third kappa shape index (κ3) is 5.49. The molecule has 3 aliphatic rings. The number of amides is 1. The van der Waals surface area contributed by atoms with Gasteiger partial charge in [-0.2, -0.15) is 0 Å². The zero-order chi connectivity index (χ0) is 26.8. The fourth-order valence-corrected chi connectivity index (χ4v) is 8.21. The number of aromatic nitrogens is 1. The fourth-order valence-electron chi connectivity index (χ4n) is 7.59. The molecule has 6 heteroatoms. The Bertz CT molecular complexity index is 1170. The van der Waals surface area contributed by atoms with E-state index in [4.69, 9.17) is 0 Å². The molecule has 38 heavy (non-hydrogen) atoms. The van der Waals surface area contributed by atoms with Gasteiger partial charge in [0.15, 0.2) is 0 Å². The van der Waals surface area contributed by atoms with Crippen LogP contribution in [0.5, 0.6) is 0 Å². The Morgan fingerprint density at radius 2 is 1.79 bits per heavy atom. The summed E-state index contributed by atoms with van der Waals surface area (Å²) in [6, 6.07) is 11.7. The second kappa shape index (κ2) is 11.6. The van der Waals surface area contributed by atoms with E-state index in [1.54, 1.807) is 22.4 Å². The van der Waals surface area contributed by atoms with Gasteiger partial charge in [-0.25, -0.2) is 0 Å². The Kier molecular flexibility index (Phi) is 8.39. The maximum atomic E-state index is 13.6.